The Hall–Kier alpha value is -3.61. The largest absolute Gasteiger partial charge is 0.497 e. The van der Waals surface area contributed by atoms with Gasteiger partial charge < -0.3 is 15.4 Å². The Morgan fingerprint density at radius 1 is 1.21 bits per heavy atom. The number of amides is 2. The number of benzene rings is 2. The van der Waals surface area contributed by atoms with Gasteiger partial charge >= 0.3 is 0 Å². The summed E-state index contributed by atoms with van der Waals surface area (Å²) in [5.41, 5.74) is 4.21. The molecular formula is C22H22N4O3. The van der Waals surface area contributed by atoms with Crippen LogP contribution < -0.4 is 15.4 Å². The minimum absolute atomic E-state index is 0.00579. The fourth-order valence-corrected chi connectivity index (χ4v) is 3.60. The lowest BCUT2D eigenvalue weighted by Crippen LogP contribution is -2.24. The molecule has 2 aromatic carbocycles. The van der Waals surface area contributed by atoms with Crippen LogP contribution in [0.2, 0.25) is 0 Å². The second kappa shape index (κ2) is 7.43. The summed E-state index contributed by atoms with van der Waals surface area (Å²) in [6.45, 7) is 3.81. The summed E-state index contributed by atoms with van der Waals surface area (Å²) >= 11 is 0. The highest BCUT2D eigenvalue weighted by atomic mass is 16.5. The molecule has 2 N–H and O–H groups in total. The number of hydrogen-bond acceptors (Lipinski definition) is 4. The minimum atomic E-state index is -0.688. The molecule has 0 aliphatic carbocycles. The molecule has 1 aliphatic rings. The summed E-state index contributed by atoms with van der Waals surface area (Å²) in [5, 5.41) is 10.3. The number of carbonyl (C=O) groups excluding carboxylic acids is 2. The van der Waals surface area contributed by atoms with Gasteiger partial charge in [-0.3, -0.25) is 9.59 Å². The van der Waals surface area contributed by atoms with E-state index >= 15 is 0 Å². The third kappa shape index (κ3) is 3.47. The van der Waals surface area contributed by atoms with Crippen LogP contribution in [0.25, 0.3) is 11.1 Å². The number of nitrogens with zero attached hydrogens (tertiary/aromatic N) is 2. The van der Waals surface area contributed by atoms with Crippen LogP contribution in [0.5, 0.6) is 5.75 Å². The Kier molecular flexibility index (Phi) is 4.80. The smallest absolute Gasteiger partial charge is 0.251 e. The zero-order chi connectivity index (χ0) is 20.5. The van der Waals surface area contributed by atoms with Gasteiger partial charge in [0, 0.05) is 11.3 Å². The van der Waals surface area contributed by atoms with Crippen LogP contribution in [0.4, 0.5) is 11.5 Å². The number of para-hydroxylation sites is 1. The first-order chi connectivity index (χ1) is 14.0. The monoisotopic (exact) mass is 390 g/mol. The maximum absolute atomic E-state index is 12.6. The molecule has 1 aromatic heterocycles. The van der Waals surface area contributed by atoms with E-state index in [1.54, 1.807) is 11.8 Å². The van der Waals surface area contributed by atoms with Crippen LogP contribution >= 0.6 is 0 Å². The molecule has 7 heteroatoms. The molecule has 3 aromatic rings. The van der Waals surface area contributed by atoms with Crippen LogP contribution in [-0.2, 0) is 9.59 Å². The summed E-state index contributed by atoms with van der Waals surface area (Å²) in [5.74, 6) is 0.856. The van der Waals surface area contributed by atoms with Crippen molar-refractivity contribution in [3.05, 3.63) is 59.8 Å². The third-order valence-electron chi connectivity index (χ3n) is 5.08. The number of rotatable bonds is 5. The van der Waals surface area contributed by atoms with Crippen LogP contribution in [0.15, 0.2) is 48.5 Å². The molecule has 0 saturated heterocycles. The number of hydrogen-bond donors (Lipinski definition) is 2. The van der Waals surface area contributed by atoms with Gasteiger partial charge in [-0.05, 0) is 43.2 Å². The van der Waals surface area contributed by atoms with Crippen molar-refractivity contribution in [2.75, 3.05) is 17.7 Å². The lowest BCUT2D eigenvalue weighted by molar-refractivity contribution is -0.123. The fraction of sp³-hybridized carbons (Fsp3) is 0.227. The van der Waals surface area contributed by atoms with E-state index in [0.29, 0.717) is 5.82 Å². The van der Waals surface area contributed by atoms with E-state index in [1.807, 2.05) is 62.4 Å². The maximum atomic E-state index is 12.6. The topological polar surface area (TPSA) is 85.2 Å². The maximum Gasteiger partial charge on any atom is 0.251 e. The Morgan fingerprint density at radius 3 is 2.76 bits per heavy atom. The number of aryl methyl sites for hydroxylation is 2. The summed E-state index contributed by atoms with van der Waals surface area (Å²) in [6.07, 6.45) is 0.00579. The third-order valence-corrected chi connectivity index (χ3v) is 5.08. The molecule has 148 valence electrons. The number of fused-ring (bicyclic) bond motifs is 1. The summed E-state index contributed by atoms with van der Waals surface area (Å²) in [6, 6.07) is 14.4. The fourth-order valence-electron chi connectivity index (χ4n) is 3.60. The Labute approximate surface area is 168 Å². The molecule has 0 spiro atoms. The van der Waals surface area contributed by atoms with Crippen molar-refractivity contribution >= 4 is 23.3 Å². The van der Waals surface area contributed by atoms with Crippen LogP contribution in [0, 0.1) is 13.8 Å². The van der Waals surface area contributed by atoms with Crippen LogP contribution in [0.3, 0.4) is 0 Å². The highest BCUT2D eigenvalue weighted by Crippen LogP contribution is 2.39. The quantitative estimate of drug-likeness (QED) is 0.696. The second-order valence-electron chi connectivity index (χ2n) is 7.06. The van der Waals surface area contributed by atoms with Gasteiger partial charge in [0.2, 0.25) is 5.91 Å². The van der Waals surface area contributed by atoms with Gasteiger partial charge in [-0.15, -0.1) is 0 Å². The number of anilines is 2. The van der Waals surface area contributed by atoms with Gasteiger partial charge in [0.1, 0.15) is 17.6 Å². The number of nitrogens with one attached hydrogen (secondary N) is 2. The molecule has 4 rings (SSSR count). The zero-order valence-corrected chi connectivity index (χ0v) is 16.5. The SMILES string of the molecule is COc1cccc(-c2c(C)nn3c2NC(=O)C3CC(=O)Nc2ccccc2C)c1. The average molecular weight is 390 g/mol. The van der Waals surface area contributed by atoms with E-state index in [4.69, 9.17) is 4.74 Å². The summed E-state index contributed by atoms with van der Waals surface area (Å²) < 4.78 is 6.92. The van der Waals surface area contributed by atoms with Crippen molar-refractivity contribution in [2.24, 2.45) is 0 Å². The van der Waals surface area contributed by atoms with Crippen LogP contribution in [0.1, 0.15) is 23.7 Å². The highest BCUT2D eigenvalue weighted by molar-refractivity contribution is 6.04. The molecule has 1 aliphatic heterocycles. The molecule has 29 heavy (non-hydrogen) atoms. The van der Waals surface area contributed by atoms with E-state index in [2.05, 4.69) is 15.7 Å². The normalized spacial score (nSPS) is 15.0. The zero-order valence-electron chi connectivity index (χ0n) is 16.5. The number of methoxy groups -OCH3 is 1. The molecule has 1 atom stereocenters. The molecule has 0 saturated carbocycles. The standard InChI is InChI=1S/C22H22N4O3/c1-13-7-4-5-10-17(13)23-19(27)12-18-22(28)24-21-20(14(2)25-26(18)21)15-8-6-9-16(11-15)29-3/h4-11,18H,12H2,1-3H3,(H,23,27)(H,24,28). The molecule has 2 amide bonds. The van der Waals surface area contributed by atoms with Gasteiger partial charge in [-0.2, -0.15) is 5.10 Å². The Balaban J connectivity index is 1.60. The van der Waals surface area contributed by atoms with E-state index in [1.165, 1.54) is 0 Å². The van der Waals surface area contributed by atoms with E-state index in [9.17, 15) is 9.59 Å². The number of carbonyl (C=O) groups is 2. The summed E-state index contributed by atoms with van der Waals surface area (Å²) in [4.78, 5) is 25.2. The Bertz CT molecular complexity index is 1100. The van der Waals surface area contributed by atoms with Crippen molar-refractivity contribution in [2.45, 2.75) is 26.3 Å². The highest BCUT2D eigenvalue weighted by Gasteiger charge is 2.36. The molecular weight excluding hydrogens is 368 g/mol. The predicted octanol–water partition coefficient (Wildman–Crippen LogP) is 3.70. The van der Waals surface area contributed by atoms with Gasteiger partial charge in [-0.1, -0.05) is 30.3 Å². The van der Waals surface area contributed by atoms with Crippen molar-refractivity contribution < 1.29 is 14.3 Å². The van der Waals surface area contributed by atoms with Gasteiger partial charge in [0.15, 0.2) is 0 Å². The van der Waals surface area contributed by atoms with Gasteiger partial charge in [0.05, 0.1) is 19.2 Å². The van der Waals surface area contributed by atoms with E-state index in [0.717, 1.165) is 33.8 Å². The van der Waals surface area contributed by atoms with Crippen molar-refractivity contribution in [3.63, 3.8) is 0 Å². The minimum Gasteiger partial charge on any atom is -0.497 e. The Morgan fingerprint density at radius 2 is 2.00 bits per heavy atom. The van der Waals surface area contributed by atoms with E-state index in [-0.39, 0.29) is 18.2 Å². The molecule has 2 heterocycles. The molecule has 0 fully saturated rings. The number of ether oxygens (including phenoxy) is 1. The van der Waals surface area contributed by atoms with Gasteiger partial charge in [-0.25, -0.2) is 4.68 Å². The molecule has 0 radical (unpaired) electrons. The predicted molar refractivity (Wildman–Crippen MR) is 111 cm³/mol. The van der Waals surface area contributed by atoms with Crippen molar-refractivity contribution in [1.29, 1.82) is 0 Å². The average Bonchev–Trinajstić information content (AvgIpc) is 3.17. The van der Waals surface area contributed by atoms with Crippen molar-refractivity contribution in [1.82, 2.24) is 9.78 Å². The first-order valence-electron chi connectivity index (χ1n) is 9.38. The molecule has 7 nitrogen and oxygen atoms in total. The molecule has 1 unspecified atom stereocenters. The van der Waals surface area contributed by atoms with Crippen LogP contribution in [-0.4, -0.2) is 28.7 Å². The second-order valence-corrected chi connectivity index (χ2v) is 7.06. The number of aromatic nitrogens is 2. The molecule has 0 bridgehead atoms. The summed E-state index contributed by atoms with van der Waals surface area (Å²) in [7, 11) is 1.61. The first kappa shape index (κ1) is 18.7. The lowest BCUT2D eigenvalue weighted by Gasteiger charge is -2.11. The van der Waals surface area contributed by atoms with Crippen molar-refractivity contribution in [3.8, 4) is 16.9 Å². The lowest BCUT2D eigenvalue weighted by atomic mass is 10.1. The first-order valence-corrected chi connectivity index (χ1v) is 9.38. The van der Waals surface area contributed by atoms with Gasteiger partial charge in [0.25, 0.3) is 5.91 Å². The van der Waals surface area contributed by atoms with E-state index < -0.39 is 6.04 Å².